The summed E-state index contributed by atoms with van der Waals surface area (Å²) in [5, 5.41) is 24.1. The molecule has 2 aliphatic heterocycles. The van der Waals surface area contributed by atoms with E-state index in [4.69, 9.17) is 0 Å². The normalized spacial score (nSPS) is 17.9. The standard InChI is InChI=1S/2C24H27FN2O3S3/c2*1-24(2,28)18-8-10-20(11-9-18)27-13-12-26(33(29,30)23-7-4-14-31-23)16-21(27)17-32-22-6-3-5-19(25)15-22/h2*3-11,14-15,21,28H,12-13,16-17H2,1-2H3/t2*21-/m11/s1. The van der Waals surface area contributed by atoms with Gasteiger partial charge in [0, 0.05) is 71.9 Å². The predicted octanol–water partition coefficient (Wildman–Crippen LogP) is 9.57. The molecule has 2 aromatic heterocycles. The van der Waals surface area contributed by atoms with Crippen LogP contribution in [0.15, 0.2) is 150 Å². The number of hydrogen-bond acceptors (Lipinski definition) is 12. The van der Waals surface area contributed by atoms with Crippen molar-refractivity contribution in [3.63, 3.8) is 0 Å². The maximum atomic E-state index is 13.7. The number of nitrogens with zero attached hydrogens (tertiary/aromatic N) is 4. The van der Waals surface area contributed by atoms with Crippen molar-refractivity contribution < 1.29 is 35.8 Å². The smallest absolute Gasteiger partial charge is 0.252 e. The lowest BCUT2D eigenvalue weighted by Gasteiger charge is -2.42. The summed E-state index contributed by atoms with van der Waals surface area (Å²) < 4.78 is 83.7. The van der Waals surface area contributed by atoms with E-state index in [2.05, 4.69) is 9.80 Å². The molecule has 4 heterocycles. The number of anilines is 2. The summed E-state index contributed by atoms with van der Waals surface area (Å²) in [7, 11) is -7.10. The van der Waals surface area contributed by atoms with Gasteiger partial charge in [0.15, 0.2) is 0 Å². The van der Waals surface area contributed by atoms with E-state index in [0.717, 1.165) is 32.3 Å². The number of hydrogen-bond donors (Lipinski definition) is 2. The van der Waals surface area contributed by atoms with E-state index >= 15 is 0 Å². The van der Waals surface area contributed by atoms with Crippen molar-refractivity contribution in [1.82, 2.24) is 8.61 Å². The minimum Gasteiger partial charge on any atom is -0.386 e. The van der Waals surface area contributed by atoms with Gasteiger partial charge in [-0.25, -0.2) is 25.6 Å². The summed E-state index contributed by atoms with van der Waals surface area (Å²) in [6.45, 7) is 9.52. The Labute approximate surface area is 404 Å². The van der Waals surface area contributed by atoms with Crippen LogP contribution in [0.4, 0.5) is 20.2 Å². The average molecular weight is 1010 g/mol. The van der Waals surface area contributed by atoms with Gasteiger partial charge in [0.2, 0.25) is 0 Å². The zero-order valence-electron chi connectivity index (χ0n) is 37.0. The van der Waals surface area contributed by atoms with Crippen LogP contribution < -0.4 is 9.80 Å². The van der Waals surface area contributed by atoms with Crippen molar-refractivity contribution >= 4 is 77.6 Å². The molecule has 0 radical (unpaired) electrons. The first-order valence-corrected chi connectivity index (χ1v) is 27.9. The van der Waals surface area contributed by atoms with E-state index in [9.17, 15) is 35.8 Å². The molecule has 2 saturated heterocycles. The largest absolute Gasteiger partial charge is 0.386 e. The van der Waals surface area contributed by atoms with E-state index in [-0.39, 0.29) is 23.7 Å². The topological polar surface area (TPSA) is 122 Å². The summed E-state index contributed by atoms with van der Waals surface area (Å²) in [4.78, 5) is 6.04. The van der Waals surface area contributed by atoms with Gasteiger partial charge in [0.05, 0.1) is 23.3 Å². The maximum absolute atomic E-state index is 13.7. The third kappa shape index (κ3) is 12.4. The lowest BCUT2D eigenvalue weighted by Crippen LogP contribution is -2.55. The molecule has 0 spiro atoms. The Bertz CT molecular complexity index is 2540. The predicted molar refractivity (Wildman–Crippen MR) is 266 cm³/mol. The Balaban J connectivity index is 0.000000196. The molecule has 2 N–H and O–H groups in total. The SMILES string of the molecule is CC(C)(O)c1ccc(N2CCN(S(=O)(=O)c3cccs3)C[C@@H]2CSc2cccc(F)c2)cc1.CC(C)(O)c1ccc(N2CCN(S(=O)(=O)c3cccs3)C[C@@H]2CSc2cccc(F)c2)cc1. The summed E-state index contributed by atoms with van der Waals surface area (Å²) in [6.07, 6.45) is 0. The Morgan fingerprint density at radius 3 is 1.26 bits per heavy atom. The number of piperazine rings is 2. The Morgan fingerprint density at radius 1 is 0.561 bits per heavy atom. The fourth-order valence-corrected chi connectivity index (χ4v) is 15.1. The van der Waals surface area contributed by atoms with Gasteiger partial charge in [-0.2, -0.15) is 8.61 Å². The van der Waals surface area contributed by atoms with Gasteiger partial charge in [0.1, 0.15) is 20.1 Å². The molecule has 2 fully saturated rings. The monoisotopic (exact) mass is 1010 g/mol. The molecule has 10 nitrogen and oxygen atoms in total. The lowest BCUT2D eigenvalue weighted by atomic mass is 9.98. The zero-order chi connectivity index (χ0) is 47.3. The molecule has 0 bridgehead atoms. The van der Waals surface area contributed by atoms with Crippen molar-refractivity contribution in [2.24, 2.45) is 0 Å². The van der Waals surface area contributed by atoms with Crippen LogP contribution in [0.3, 0.4) is 0 Å². The van der Waals surface area contributed by atoms with Gasteiger partial charge in [0.25, 0.3) is 20.0 Å². The highest BCUT2D eigenvalue weighted by Gasteiger charge is 2.37. The van der Waals surface area contributed by atoms with Crippen LogP contribution in [-0.2, 0) is 31.2 Å². The molecule has 18 heteroatoms. The number of thioether (sulfide) groups is 2. The van der Waals surface area contributed by atoms with Gasteiger partial charge in [-0.1, -0.05) is 48.5 Å². The van der Waals surface area contributed by atoms with E-state index in [0.29, 0.717) is 59.2 Å². The molecule has 2 atom stereocenters. The lowest BCUT2D eigenvalue weighted by molar-refractivity contribution is 0.0780. The van der Waals surface area contributed by atoms with Crippen molar-refractivity contribution in [3.8, 4) is 0 Å². The molecular weight excluding hydrogens is 959 g/mol. The van der Waals surface area contributed by atoms with Crippen LogP contribution in [0.2, 0.25) is 0 Å². The molecule has 4 aromatic carbocycles. The Hall–Kier alpha value is -3.82. The van der Waals surface area contributed by atoms with Gasteiger partial charge in [-0.15, -0.1) is 46.2 Å². The van der Waals surface area contributed by atoms with Crippen molar-refractivity contribution in [2.75, 3.05) is 60.6 Å². The molecule has 66 heavy (non-hydrogen) atoms. The van der Waals surface area contributed by atoms with E-state index in [1.54, 1.807) is 83.5 Å². The molecule has 0 unspecified atom stereocenters. The number of aliphatic hydroxyl groups is 2. The second-order valence-electron chi connectivity index (χ2n) is 17.0. The fraction of sp³-hybridized carbons (Fsp3) is 0.333. The summed E-state index contributed by atoms with van der Waals surface area (Å²) in [5.41, 5.74) is 1.71. The summed E-state index contributed by atoms with van der Waals surface area (Å²) >= 11 is 5.48. The summed E-state index contributed by atoms with van der Waals surface area (Å²) in [6, 6.07) is 34.9. The minimum atomic E-state index is -3.55. The molecule has 0 amide bonds. The molecule has 0 aliphatic carbocycles. The number of thiophene rings is 2. The van der Waals surface area contributed by atoms with Crippen LogP contribution in [0.25, 0.3) is 0 Å². The Kier molecular flexibility index (Phi) is 16.1. The van der Waals surface area contributed by atoms with Crippen LogP contribution >= 0.6 is 46.2 Å². The number of rotatable bonds is 14. The first kappa shape index (κ1) is 50.1. The average Bonchev–Trinajstić information content (AvgIpc) is 4.05. The molecule has 352 valence electrons. The number of halogens is 2. The van der Waals surface area contributed by atoms with Crippen LogP contribution in [0, 0.1) is 11.6 Å². The van der Waals surface area contributed by atoms with E-state index in [1.807, 2.05) is 60.7 Å². The summed E-state index contributed by atoms with van der Waals surface area (Å²) in [5.74, 6) is 0.634. The van der Waals surface area contributed by atoms with E-state index in [1.165, 1.54) is 70.5 Å². The van der Waals surface area contributed by atoms with Crippen molar-refractivity contribution in [2.45, 2.75) is 69.2 Å². The molecule has 6 aromatic rings. The first-order chi connectivity index (χ1) is 31.3. The second-order valence-corrected chi connectivity index (χ2v) is 25.4. The third-order valence-electron chi connectivity index (χ3n) is 11.4. The number of benzene rings is 4. The number of sulfonamides is 2. The van der Waals surface area contributed by atoms with Crippen LogP contribution in [-0.4, -0.2) is 98.5 Å². The molecule has 0 saturated carbocycles. The van der Waals surface area contributed by atoms with Gasteiger partial charge in [-0.3, -0.25) is 0 Å². The minimum absolute atomic E-state index is 0.102. The zero-order valence-corrected chi connectivity index (χ0v) is 41.9. The van der Waals surface area contributed by atoms with Crippen LogP contribution in [0.5, 0.6) is 0 Å². The highest BCUT2D eigenvalue weighted by atomic mass is 32.3. The highest BCUT2D eigenvalue weighted by molar-refractivity contribution is 7.99. The van der Waals surface area contributed by atoms with Gasteiger partial charge in [-0.05, 0) is 122 Å². The van der Waals surface area contributed by atoms with Gasteiger partial charge >= 0.3 is 0 Å². The van der Waals surface area contributed by atoms with Crippen molar-refractivity contribution in [3.05, 3.63) is 155 Å². The highest BCUT2D eigenvalue weighted by Crippen LogP contribution is 2.34. The second kappa shape index (κ2) is 21.2. The van der Waals surface area contributed by atoms with Crippen LogP contribution in [0.1, 0.15) is 38.8 Å². The molecule has 8 rings (SSSR count). The quantitative estimate of drug-likeness (QED) is 0.102. The van der Waals surface area contributed by atoms with Crippen molar-refractivity contribution in [1.29, 1.82) is 0 Å². The van der Waals surface area contributed by atoms with Gasteiger partial charge < -0.3 is 20.0 Å². The first-order valence-electron chi connectivity index (χ1n) is 21.3. The maximum Gasteiger partial charge on any atom is 0.252 e. The molecular formula is C48H54F2N4O6S6. The Morgan fingerprint density at radius 2 is 0.939 bits per heavy atom. The molecule has 2 aliphatic rings. The third-order valence-corrected chi connectivity index (χ3v) is 20.1. The van der Waals surface area contributed by atoms with E-state index < -0.39 is 31.2 Å². The fourth-order valence-electron chi connectivity index (χ4n) is 7.75.